The van der Waals surface area contributed by atoms with Gasteiger partial charge in [-0.15, -0.1) is 0 Å². The Balaban J connectivity index is 1.64. The van der Waals surface area contributed by atoms with Gasteiger partial charge in [-0.05, 0) is 48.5 Å². The van der Waals surface area contributed by atoms with E-state index in [-0.39, 0.29) is 35.0 Å². The summed E-state index contributed by atoms with van der Waals surface area (Å²) in [7, 11) is 0. The molecule has 0 unspecified atom stereocenters. The van der Waals surface area contributed by atoms with E-state index in [1.54, 1.807) is 6.07 Å². The minimum Gasteiger partial charge on any atom is -0.322 e. The second-order valence-corrected chi connectivity index (χ2v) is 7.38. The van der Waals surface area contributed by atoms with Gasteiger partial charge in [0, 0.05) is 29.2 Å². The fourth-order valence-electron chi connectivity index (χ4n) is 3.36. The lowest BCUT2D eigenvalue weighted by Crippen LogP contribution is -2.20. The first-order chi connectivity index (χ1) is 16.4. The predicted octanol–water partition coefficient (Wildman–Crippen LogP) is 6.15. The van der Waals surface area contributed by atoms with Gasteiger partial charge in [0.1, 0.15) is 0 Å². The van der Waals surface area contributed by atoms with Crippen LogP contribution in [0.5, 0.6) is 0 Å². The number of nitrogens with one attached hydrogen (secondary N) is 1. The number of hydrogen-bond donors (Lipinski definition) is 1. The first-order valence-corrected chi connectivity index (χ1v) is 9.89. The third-order valence-electron chi connectivity index (χ3n) is 5.01. The predicted molar refractivity (Wildman–Crippen MR) is 114 cm³/mol. The molecular weight excluding hydrogens is 476 g/mol. The Morgan fingerprint density at radius 2 is 1.40 bits per heavy atom. The van der Waals surface area contributed by atoms with Crippen LogP contribution in [0.3, 0.4) is 0 Å². The third kappa shape index (κ3) is 5.13. The van der Waals surface area contributed by atoms with Crippen LogP contribution in [0.15, 0.2) is 73.1 Å². The lowest BCUT2D eigenvalue weighted by atomic mass is 10.0. The molecule has 0 aliphatic heterocycles. The van der Waals surface area contributed by atoms with Gasteiger partial charge in [0.15, 0.2) is 5.78 Å². The lowest BCUT2D eigenvalue weighted by Gasteiger charge is -2.16. The van der Waals surface area contributed by atoms with Crippen molar-refractivity contribution < 1.29 is 35.9 Å². The zero-order chi connectivity index (χ0) is 25.4. The summed E-state index contributed by atoms with van der Waals surface area (Å²) in [4.78, 5) is 33.7. The number of carbonyl (C=O) groups excluding carboxylic acids is 2. The van der Waals surface area contributed by atoms with Gasteiger partial charge in [-0.3, -0.25) is 19.6 Å². The average Bonchev–Trinajstić information content (AvgIpc) is 2.82. The normalized spacial score (nSPS) is 11.9. The van der Waals surface area contributed by atoms with E-state index in [0.29, 0.717) is 11.0 Å². The molecule has 11 heteroatoms. The van der Waals surface area contributed by atoms with Crippen LogP contribution < -0.4 is 5.32 Å². The van der Waals surface area contributed by atoms with E-state index >= 15 is 0 Å². The van der Waals surface area contributed by atoms with Crippen LogP contribution in [0, 0.1) is 0 Å². The highest BCUT2D eigenvalue weighted by Crippen LogP contribution is 2.37. The molecule has 1 aromatic heterocycles. The van der Waals surface area contributed by atoms with Gasteiger partial charge in [-0.1, -0.05) is 12.1 Å². The number of fused-ring (bicyclic) bond motifs is 1. The molecule has 1 N–H and O–H groups in total. The van der Waals surface area contributed by atoms with E-state index < -0.39 is 40.7 Å². The van der Waals surface area contributed by atoms with Crippen molar-refractivity contribution in [3.8, 4) is 0 Å². The van der Waals surface area contributed by atoms with Gasteiger partial charge >= 0.3 is 12.4 Å². The molecule has 0 fully saturated rings. The van der Waals surface area contributed by atoms with Gasteiger partial charge in [0.25, 0.3) is 5.91 Å². The van der Waals surface area contributed by atoms with Crippen LogP contribution in [-0.2, 0) is 12.4 Å². The highest BCUT2D eigenvalue weighted by molar-refractivity contribution is 6.11. The van der Waals surface area contributed by atoms with Crippen molar-refractivity contribution in [2.75, 3.05) is 5.32 Å². The number of anilines is 1. The molecule has 4 aromatic rings. The van der Waals surface area contributed by atoms with Crippen LogP contribution in [0.25, 0.3) is 11.0 Å². The van der Waals surface area contributed by atoms with Gasteiger partial charge < -0.3 is 5.32 Å². The molecule has 0 saturated carbocycles. The molecule has 1 amide bonds. The Hall–Kier alpha value is -4.28. The summed E-state index contributed by atoms with van der Waals surface area (Å²) in [5.74, 6) is -1.88. The smallest absolute Gasteiger partial charge is 0.322 e. The molecule has 0 radical (unpaired) electrons. The number of alkyl halides is 6. The van der Waals surface area contributed by atoms with E-state index in [1.165, 1.54) is 48.8 Å². The SMILES string of the molecule is O=C(c1cccc(NC(=O)c2cc(C(F)(F)F)ccc2C(F)(F)F)c1)c1ccc2nccnc2c1. The maximum Gasteiger partial charge on any atom is 0.417 e. The summed E-state index contributed by atoms with van der Waals surface area (Å²) in [5.41, 5.74) is -2.83. The second kappa shape index (κ2) is 8.82. The minimum atomic E-state index is -5.06. The van der Waals surface area contributed by atoms with Crippen molar-refractivity contribution >= 4 is 28.4 Å². The summed E-state index contributed by atoms with van der Waals surface area (Å²) < 4.78 is 79.1. The Labute approximate surface area is 193 Å². The molecule has 0 atom stereocenters. The largest absolute Gasteiger partial charge is 0.417 e. The number of halogens is 6. The number of aromatic nitrogens is 2. The molecular formula is C24H13F6N3O2. The van der Waals surface area contributed by atoms with Crippen LogP contribution in [-0.4, -0.2) is 21.7 Å². The molecule has 178 valence electrons. The van der Waals surface area contributed by atoms with Crippen LogP contribution >= 0.6 is 0 Å². The standard InChI is InChI=1S/C24H13F6N3O2/c25-23(26,27)15-5-6-18(24(28,29)30)17(12-15)22(35)33-16-3-1-2-13(10-16)21(34)14-4-7-19-20(11-14)32-9-8-31-19/h1-12H,(H,33,35). The molecule has 35 heavy (non-hydrogen) atoms. The molecule has 5 nitrogen and oxygen atoms in total. The third-order valence-corrected chi connectivity index (χ3v) is 5.01. The molecule has 1 heterocycles. The van der Waals surface area contributed by atoms with Crippen molar-refractivity contribution in [1.82, 2.24) is 9.97 Å². The van der Waals surface area contributed by atoms with E-state index in [1.807, 2.05) is 0 Å². The summed E-state index contributed by atoms with van der Waals surface area (Å²) in [6.07, 6.45) is -7.07. The zero-order valence-corrected chi connectivity index (χ0v) is 17.4. The van der Waals surface area contributed by atoms with E-state index in [9.17, 15) is 35.9 Å². The van der Waals surface area contributed by atoms with Gasteiger partial charge in [0.05, 0.1) is 27.7 Å². The monoisotopic (exact) mass is 489 g/mol. The quantitative estimate of drug-likeness (QED) is 0.276. The van der Waals surface area contributed by atoms with E-state index in [2.05, 4.69) is 15.3 Å². The molecule has 0 aliphatic carbocycles. The molecule has 3 aromatic carbocycles. The summed E-state index contributed by atoms with van der Waals surface area (Å²) >= 11 is 0. The first kappa shape index (κ1) is 23.9. The number of carbonyl (C=O) groups is 2. The molecule has 0 spiro atoms. The summed E-state index contributed by atoms with van der Waals surface area (Å²) in [5, 5.41) is 2.14. The van der Waals surface area contributed by atoms with Crippen molar-refractivity contribution in [1.29, 1.82) is 0 Å². The zero-order valence-electron chi connectivity index (χ0n) is 17.4. The average molecular weight is 489 g/mol. The van der Waals surface area contributed by atoms with Crippen LogP contribution in [0.1, 0.15) is 37.4 Å². The molecule has 0 saturated heterocycles. The number of amides is 1. The highest BCUT2D eigenvalue weighted by Gasteiger charge is 2.38. The van der Waals surface area contributed by atoms with Crippen LogP contribution in [0.4, 0.5) is 32.0 Å². The fourth-order valence-corrected chi connectivity index (χ4v) is 3.36. The number of nitrogens with zero attached hydrogens (tertiary/aromatic N) is 2. The van der Waals surface area contributed by atoms with Crippen molar-refractivity contribution in [3.05, 3.63) is 101 Å². The maximum atomic E-state index is 13.3. The van der Waals surface area contributed by atoms with Gasteiger partial charge in [-0.2, -0.15) is 26.3 Å². The lowest BCUT2D eigenvalue weighted by molar-refractivity contribution is -0.141. The topological polar surface area (TPSA) is 72.0 Å². The molecule has 0 aliphatic rings. The second-order valence-electron chi connectivity index (χ2n) is 7.38. The Morgan fingerprint density at radius 3 is 2.09 bits per heavy atom. The Kier molecular flexibility index (Phi) is 6.01. The molecule has 0 bridgehead atoms. The van der Waals surface area contributed by atoms with E-state index in [4.69, 9.17) is 0 Å². The highest BCUT2D eigenvalue weighted by atomic mass is 19.4. The number of benzene rings is 3. The van der Waals surface area contributed by atoms with E-state index in [0.717, 1.165) is 0 Å². The number of ketones is 1. The number of hydrogen-bond acceptors (Lipinski definition) is 4. The number of rotatable bonds is 4. The van der Waals surface area contributed by atoms with Crippen molar-refractivity contribution in [2.45, 2.75) is 12.4 Å². The first-order valence-electron chi connectivity index (χ1n) is 9.89. The summed E-state index contributed by atoms with van der Waals surface area (Å²) in [6.45, 7) is 0. The van der Waals surface area contributed by atoms with Gasteiger partial charge in [-0.25, -0.2) is 0 Å². The maximum absolute atomic E-state index is 13.3. The Morgan fingerprint density at radius 1 is 0.714 bits per heavy atom. The molecule has 4 rings (SSSR count). The Bertz CT molecular complexity index is 1450. The van der Waals surface area contributed by atoms with Crippen LogP contribution in [0.2, 0.25) is 0 Å². The van der Waals surface area contributed by atoms with Crippen molar-refractivity contribution in [3.63, 3.8) is 0 Å². The van der Waals surface area contributed by atoms with Crippen molar-refractivity contribution in [2.24, 2.45) is 0 Å². The fraction of sp³-hybridized carbons (Fsp3) is 0.0833. The minimum absolute atomic E-state index is 0.0769. The summed E-state index contributed by atoms with van der Waals surface area (Å²) in [6, 6.07) is 10.5. The van der Waals surface area contributed by atoms with Gasteiger partial charge in [0.2, 0.25) is 0 Å².